The molecule has 0 aliphatic carbocycles. The molecule has 0 atom stereocenters. The lowest BCUT2D eigenvalue weighted by Gasteiger charge is -2.09. The van der Waals surface area contributed by atoms with Crippen LogP contribution in [0.4, 0.5) is 11.4 Å². The molecule has 1 aliphatic heterocycles. The van der Waals surface area contributed by atoms with E-state index < -0.39 is 0 Å². The summed E-state index contributed by atoms with van der Waals surface area (Å²) in [4.78, 5) is 0. The van der Waals surface area contributed by atoms with Gasteiger partial charge in [-0.1, -0.05) is 12.1 Å². The fraction of sp³-hybridized carbons (Fsp3) is 0.133. The summed E-state index contributed by atoms with van der Waals surface area (Å²) in [6, 6.07) is 14.7. The van der Waals surface area contributed by atoms with Crippen molar-refractivity contribution < 1.29 is 0 Å². The van der Waals surface area contributed by atoms with Gasteiger partial charge in [0.15, 0.2) is 0 Å². The minimum Gasteiger partial charge on any atom is -0.359 e. The SMILES string of the molecule is Cn1nc(C2Nc3ccccc3N2)c2cc(I)ccc21. The summed E-state index contributed by atoms with van der Waals surface area (Å²) in [5.74, 6) is 0. The van der Waals surface area contributed by atoms with E-state index in [1.165, 1.54) is 8.96 Å². The third-order valence-electron chi connectivity index (χ3n) is 3.64. The topological polar surface area (TPSA) is 41.9 Å². The van der Waals surface area contributed by atoms with Gasteiger partial charge in [-0.15, -0.1) is 0 Å². The van der Waals surface area contributed by atoms with Crippen molar-refractivity contribution in [3.05, 3.63) is 51.7 Å². The van der Waals surface area contributed by atoms with Gasteiger partial charge in [0.25, 0.3) is 0 Å². The molecule has 3 aromatic rings. The summed E-state index contributed by atoms with van der Waals surface area (Å²) in [5.41, 5.74) is 4.45. The zero-order chi connectivity index (χ0) is 13.7. The van der Waals surface area contributed by atoms with E-state index in [4.69, 9.17) is 0 Å². The lowest BCUT2D eigenvalue weighted by molar-refractivity contribution is 0.747. The average molecular weight is 376 g/mol. The van der Waals surface area contributed by atoms with Crippen LogP contribution in [-0.4, -0.2) is 9.78 Å². The molecular weight excluding hydrogens is 363 g/mol. The van der Waals surface area contributed by atoms with E-state index in [-0.39, 0.29) is 6.17 Å². The van der Waals surface area contributed by atoms with Crippen LogP contribution in [0, 0.1) is 3.57 Å². The standard InChI is InChI=1S/C15H13IN4/c1-20-13-7-6-9(16)8-10(13)14(19-20)15-17-11-4-2-3-5-12(11)18-15/h2-8,15,17-18H,1H3. The molecule has 0 saturated carbocycles. The first kappa shape index (κ1) is 12.0. The van der Waals surface area contributed by atoms with Gasteiger partial charge in [-0.05, 0) is 52.9 Å². The van der Waals surface area contributed by atoms with Crippen LogP contribution in [0.15, 0.2) is 42.5 Å². The highest BCUT2D eigenvalue weighted by Gasteiger charge is 2.25. The van der Waals surface area contributed by atoms with Gasteiger partial charge in [0.05, 0.1) is 16.9 Å². The van der Waals surface area contributed by atoms with E-state index in [1.54, 1.807) is 0 Å². The second-order valence-electron chi connectivity index (χ2n) is 4.94. The van der Waals surface area contributed by atoms with Gasteiger partial charge in [-0.25, -0.2) is 0 Å². The molecule has 0 amide bonds. The molecule has 0 bridgehead atoms. The molecule has 20 heavy (non-hydrogen) atoms. The lowest BCUT2D eigenvalue weighted by Crippen LogP contribution is -2.13. The molecule has 0 unspecified atom stereocenters. The number of aryl methyl sites for hydroxylation is 1. The number of fused-ring (bicyclic) bond motifs is 2. The number of rotatable bonds is 1. The van der Waals surface area contributed by atoms with E-state index in [0.29, 0.717) is 0 Å². The smallest absolute Gasteiger partial charge is 0.143 e. The van der Waals surface area contributed by atoms with Crippen LogP contribution >= 0.6 is 22.6 Å². The van der Waals surface area contributed by atoms with E-state index in [1.807, 2.05) is 23.9 Å². The van der Waals surface area contributed by atoms with Gasteiger partial charge in [-0.3, -0.25) is 4.68 Å². The molecule has 2 N–H and O–H groups in total. The second-order valence-corrected chi connectivity index (χ2v) is 6.18. The Kier molecular flexibility index (Phi) is 2.63. The highest BCUT2D eigenvalue weighted by molar-refractivity contribution is 14.1. The molecule has 0 fully saturated rings. The van der Waals surface area contributed by atoms with Crippen molar-refractivity contribution in [3.63, 3.8) is 0 Å². The fourth-order valence-corrected chi connectivity index (χ4v) is 3.19. The lowest BCUT2D eigenvalue weighted by atomic mass is 10.2. The number of nitrogens with zero attached hydrogens (tertiary/aromatic N) is 2. The van der Waals surface area contributed by atoms with E-state index in [2.05, 4.69) is 68.7 Å². The number of aromatic nitrogens is 2. The van der Waals surface area contributed by atoms with Crippen LogP contribution in [0.3, 0.4) is 0 Å². The van der Waals surface area contributed by atoms with Gasteiger partial charge in [0.2, 0.25) is 0 Å². The van der Waals surface area contributed by atoms with Crippen LogP contribution in [-0.2, 0) is 7.05 Å². The molecule has 2 aromatic carbocycles. The number of hydrogen-bond donors (Lipinski definition) is 2. The Morgan fingerprint density at radius 1 is 1.10 bits per heavy atom. The van der Waals surface area contributed by atoms with Crippen molar-refractivity contribution in [3.8, 4) is 0 Å². The molecule has 100 valence electrons. The zero-order valence-corrected chi connectivity index (χ0v) is 13.0. The third kappa shape index (κ3) is 1.76. The van der Waals surface area contributed by atoms with Gasteiger partial charge < -0.3 is 10.6 Å². The largest absolute Gasteiger partial charge is 0.359 e. The first-order valence-electron chi connectivity index (χ1n) is 6.46. The van der Waals surface area contributed by atoms with E-state index >= 15 is 0 Å². The normalized spacial score (nSPS) is 14.1. The number of halogens is 1. The van der Waals surface area contributed by atoms with Gasteiger partial charge >= 0.3 is 0 Å². The number of nitrogens with one attached hydrogen (secondary N) is 2. The monoisotopic (exact) mass is 376 g/mol. The molecule has 0 spiro atoms. The summed E-state index contributed by atoms with van der Waals surface area (Å²) < 4.78 is 3.16. The molecule has 4 nitrogen and oxygen atoms in total. The summed E-state index contributed by atoms with van der Waals surface area (Å²) in [5, 5.41) is 12.8. The van der Waals surface area contributed by atoms with Gasteiger partial charge in [0, 0.05) is 16.0 Å². The van der Waals surface area contributed by atoms with Crippen molar-refractivity contribution in [2.45, 2.75) is 6.17 Å². The minimum atomic E-state index is 0.0225. The molecule has 1 aliphatic rings. The predicted octanol–water partition coefficient (Wildman–Crippen LogP) is 3.71. The average Bonchev–Trinajstić information content (AvgIpc) is 3.00. The molecular formula is C15H13IN4. The maximum atomic E-state index is 4.68. The summed E-state index contributed by atoms with van der Waals surface area (Å²) in [6.07, 6.45) is 0.0225. The van der Waals surface area contributed by atoms with E-state index in [0.717, 1.165) is 22.6 Å². The second kappa shape index (κ2) is 4.37. The minimum absolute atomic E-state index is 0.0225. The van der Waals surface area contributed by atoms with Crippen molar-refractivity contribution >= 4 is 44.9 Å². The molecule has 5 heteroatoms. The molecule has 0 radical (unpaired) electrons. The third-order valence-corrected chi connectivity index (χ3v) is 4.31. The Morgan fingerprint density at radius 2 is 1.80 bits per heavy atom. The van der Waals surface area contributed by atoms with Crippen LogP contribution in [0.1, 0.15) is 11.9 Å². The molecule has 1 aromatic heterocycles. The zero-order valence-electron chi connectivity index (χ0n) is 10.9. The first-order valence-corrected chi connectivity index (χ1v) is 7.54. The Hall–Kier alpha value is -1.76. The maximum Gasteiger partial charge on any atom is 0.143 e. The molecule has 0 saturated heterocycles. The Bertz CT molecular complexity index is 784. The molecule has 2 heterocycles. The van der Waals surface area contributed by atoms with Crippen LogP contribution in [0.5, 0.6) is 0 Å². The highest BCUT2D eigenvalue weighted by Crippen LogP contribution is 2.36. The Balaban J connectivity index is 1.83. The van der Waals surface area contributed by atoms with Crippen LogP contribution in [0.25, 0.3) is 10.9 Å². The summed E-state index contributed by atoms with van der Waals surface area (Å²) in [7, 11) is 1.99. The summed E-state index contributed by atoms with van der Waals surface area (Å²) in [6.45, 7) is 0. The quantitative estimate of drug-likeness (QED) is 0.637. The Labute approximate surface area is 130 Å². The van der Waals surface area contributed by atoms with Crippen molar-refractivity contribution in [1.29, 1.82) is 0 Å². The Morgan fingerprint density at radius 3 is 2.50 bits per heavy atom. The number of benzene rings is 2. The van der Waals surface area contributed by atoms with Crippen molar-refractivity contribution in [1.82, 2.24) is 9.78 Å². The van der Waals surface area contributed by atoms with Gasteiger partial charge in [-0.2, -0.15) is 5.10 Å². The van der Waals surface area contributed by atoms with Gasteiger partial charge in [0.1, 0.15) is 11.9 Å². The molecule has 4 rings (SSSR count). The number of para-hydroxylation sites is 2. The first-order chi connectivity index (χ1) is 9.72. The maximum absolute atomic E-state index is 4.68. The van der Waals surface area contributed by atoms with Crippen LogP contribution in [0.2, 0.25) is 0 Å². The number of hydrogen-bond acceptors (Lipinski definition) is 3. The highest BCUT2D eigenvalue weighted by atomic mass is 127. The van der Waals surface area contributed by atoms with Crippen molar-refractivity contribution in [2.24, 2.45) is 7.05 Å². The van der Waals surface area contributed by atoms with Crippen LogP contribution < -0.4 is 10.6 Å². The summed E-state index contributed by atoms with van der Waals surface area (Å²) >= 11 is 2.34. The fourth-order valence-electron chi connectivity index (χ4n) is 2.70. The number of anilines is 2. The predicted molar refractivity (Wildman–Crippen MR) is 89.9 cm³/mol. The van der Waals surface area contributed by atoms with Crippen molar-refractivity contribution in [2.75, 3.05) is 10.6 Å². The van der Waals surface area contributed by atoms with E-state index in [9.17, 15) is 0 Å².